The number of allylic oxidation sites excluding steroid dienone is 3. The maximum atomic E-state index is 6.02. The first kappa shape index (κ1) is 19.1. The molecule has 3 rings (SSSR count). The maximum Gasteiger partial charge on any atom is 0.172 e. The van der Waals surface area contributed by atoms with Gasteiger partial charge in [0.15, 0.2) is 5.79 Å². The summed E-state index contributed by atoms with van der Waals surface area (Å²) in [6.07, 6.45) is 12.3. The second-order valence-electron chi connectivity index (χ2n) is 6.80. The van der Waals surface area contributed by atoms with Crippen molar-refractivity contribution in [1.82, 2.24) is 9.78 Å². The third-order valence-electron chi connectivity index (χ3n) is 5.09. The largest absolute Gasteiger partial charge is 0.355 e. The van der Waals surface area contributed by atoms with Crippen molar-refractivity contribution in [2.75, 3.05) is 19.8 Å². The first-order chi connectivity index (χ1) is 12.7. The molecule has 0 N–H and O–H groups in total. The second-order valence-corrected chi connectivity index (χ2v) is 6.80. The van der Waals surface area contributed by atoms with Gasteiger partial charge in [-0.15, -0.1) is 0 Å². The summed E-state index contributed by atoms with van der Waals surface area (Å²) in [7, 11) is 0. The van der Waals surface area contributed by atoms with Crippen molar-refractivity contribution in [2.24, 2.45) is 0 Å². The third-order valence-corrected chi connectivity index (χ3v) is 5.09. The fourth-order valence-electron chi connectivity index (χ4n) is 3.66. The first-order valence-corrected chi connectivity index (χ1v) is 9.58. The van der Waals surface area contributed by atoms with Crippen LogP contribution < -0.4 is 0 Å². The Balaban J connectivity index is 1.69. The number of aryl methyl sites for hydroxylation is 1. The third kappa shape index (κ3) is 4.17. The normalized spacial score (nSPS) is 19.8. The van der Waals surface area contributed by atoms with Gasteiger partial charge in [0.2, 0.25) is 0 Å². The Morgan fingerprint density at radius 2 is 2.19 bits per heavy atom. The van der Waals surface area contributed by atoms with E-state index in [4.69, 9.17) is 19.3 Å². The van der Waals surface area contributed by atoms with E-state index in [2.05, 4.69) is 19.6 Å². The monoisotopic (exact) mass is 358 g/mol. The van der Waals surface area contributed by atoms with E-state index in [0.717, 1.165) is 56.6 Å². The van der Waals surface area contributed by atoms with E-state index in [0.29, 0.717) is 13.3 Å². The van der Waals surface area contributed by atoms with Crippen molar-refractivity contribution >= 4 is 0 Å². The summed E-state index contributed by atoms with van der Waals surface area (Å²) >= 11 is 0. The Bertz CT molecular complexity index is 682. The Kier molecular flexibility index (Phi) is 6.46. The van der Waals surface area contributed by atoms with Crippen molar-refractivity contribution < 1.29 is 14.2 Å². The number of aromatic nitrogens is 2. The summed E-state index contributed by atoms with van der Waals surface area (Å²) in [5.74, 6) is -0.433. The molecule has 1 aliphatic heterocycles. The molecule has 0 unspecified atom stereocenters. The average molecular weight is 358 g/mol. The van der Waals surface area contributed by atoms with Gasteiger partial charge in [-0.05, 0) is 31.8 Å². The molecule has 0 bridgehead atoms. The number of hydrogen-bond donors (Lipinski definition) is 0. The van der Waals surface area contributed by atoms with Gasteiger partial charge in [-0.3, -0.25) is 0 Å². The lowest BCUT2D eigenvalue weighted by molar-refractivity contribution is -0.271. The van der Waals surface area contributed by atoms with Crippen molar-refractivity contribution in [3.8, 4) is 0 Å². The highest BCUT2D eigenvalue weighted by molar-refractivity contribution is 5.31. The van der Waals surface area contributed by atoms with Gasteiger partial charge in [-0.2, -0.15) is 5.10 Å². The minimum atomic E-state index is -0.433. The number of fused-ring (bicyclic) bond motifs is 1. The number of ether oxygens (including phenoxy) is 3. The van der Waals surface area contributed by atoms with Crippen LogP contribution in [0, 0.1) is 0 Å². The lowest BCUT2D eigenvalue weighted by Gasteiger charge is -2.40. The van der Waals surface area contributed by atoms with Gasteiger partial charge in [0, 0.05) is 24.1 Å². The van der Waals surface area contributed by atoms with E-state index in [1.807, 2.05) is 23.8 Å². The highest BCUT2D eigenvalue weighted by Gasteiger charge is 2.40. The zero-order valence-corrected chi connectivity index (χ0v) is 16.0. The SMILES string of the molecule is C=C/C=C\C(=C/C)COCn1nc(CC)c2c1CCC1(C2)OCCCO1. The van der Waals surface area contributed by atoms with Crippen LogP contribution in [0.25, 0.3) is 0 Å². The van der Waals surface area contributed by atoms with Crippen LogP contribution in [-0.2, 0) is 40.2 Å². The molecule has 0 radical (unpaired) electrons. The molecule has 0 atom stereocenters. The van der Waals surface area contributed by atoms with E-state index in [1.54, 1.807) is 6.08 Å². The summed E-state index contributed by atoms with van der Waals surface area (Å²) in [6.45, 7) is 10.5. The molecule has 1 aliphatic carbocycles. The summed E-state index contributed by atoms with van der Waals surface area (Å²) in [6, 6.07) is 0. The molecule has 142 valence electrons. The second kappa shape index (κ2) is 8.80. The lowest BCUT2D eigenvalue weighted by Crippen LogP contribution is -2.45. The highest BCUT2D eigenvalue weighted by atomic mass is 16.7. The van der Waals surface area contributed by atoms with E-state index < -0.39 is 5.79 Å². The minimum absolute atomic E-state index is 0.433. The summed E-state index contributed by atoms with van der Waals surface area (Å²) < 4.78 is 20.0. The topological polar surface area (TPSA) is 45.5 Å². The Morgan fingerprint density at radius 1 is 1.38 bits per heavy atom. The maximum absolute atomic E-state index is 6.02. The summed E-state index contributed by atoms with van der Waals surface area (Å²) in [5, 5.41) is 4.80. The molecule has 26 heavy (non-hydrogen) atoms. The van der Waals surface area contributed by atoms with Gasteiger partial charge < -0.3 is 14.2 Å². The van der Waals surface area contributed by atoms with E-state index in [1.165, 1.54) is 11.3 Å². The smallest absolute Gasteiger partial charge is 0.172 e. The molecule has 0 aromatic carbocycles. The molecule has 2 heterocycles. The minimum Gasteiger partial charge on any atom is -0.355 e. The molecule has 0 amide bonds. The van der Waals surface area contributed by atoms with Crippen molar-refractivity contribution in [3.05, 3.63) is 53.4 Å². The molecule has 5 nitrogen and oxygen atoms in total. The van der Waals surface area contributed by atoms with Crippen LogP contribution in [0.5, 0.6) is 0 Å². The molecular weight excluding hydrogens is 328 g/mol. The molecule has 2 aliphatic rings. The quantitative estimate of drug-likeness (QED) is 0.697. The van der Waals surface area contributed by atoms with Crippen LogP contribution in [0.15, 0.2) is 36.5 Å². The van der Waals surface area contributed by atoms with E-state index in [9.17, 15) is 0 Å². The Labute approximate surface area is 156 Å². The molecule has 0 saturated carbocycles. The summed E-state index contributed by atoms with van der Waals surface area (Å²) in [4.78, 5) is 0. The van der Waals surface area contributed by atoms with Crippen molar-refractivity contribution in [3.63, 3.8) is 0 Å². The number of rotatable bonds is 7. The Morgan fingerprint density at radius 3 is 2.88 bits per heavy atom. The van der Waals surface area contributed by atoms with Gasteiger partial charge in [-0.1, -0.05) is 37.8 Å². The van der Waals surface area contributed by atoms with Gasteiger partial charge in [0.05, 0.1) is 25.5 Å². The first-order valence-electron chi connectivity index (χ1n) is 9.58. The van der Waals surface area contributed by atoms with Gasteiger partial charge in [-0.25, -0.2) is 4.68 Å². The molecule has 1 aromatic rings. The van der Waals surface area contributed by atoms with Crippen LogP contribution in [0.3, 0.4) is 0 Å². The molecule has 5 heteroatoms. The number of hydrogen-bond acceptors (Lipinski definition) is 4. The van der Waals surface area contributed by atoms with Crippen LogP contribution in [-0.4, -0.2) is 35.4 Å². The predicted octanol–water partition coefficient (Wildman–Crippen LogP) is 3.73. The van der Waals surface area contributed by atoms with Gasteiger partial charge in [0.25, 0.3) is 0 Å². The van der Waals surface area contributed by atoms with Crippen LogP contribution in [0.4, 0.5) is 0 Å². The fourth-order valence-corrected chi connectivity index (χ4v) is 3.66. The summed E-state index contributed by atoms with van der Waals surface area (Å²) in [5.41, 5.74) is 4.83. The standard InChI is InChI=1S/C21H30N2O3/c1-4-7-9-17(5-2)15-24-16-23-20-10-11-21(25-12-8-13-26-21)14-18(20)19(6-3)22-23/h4-5,7,9H,1,6,8,10-16H2,2-3H3/b9-7-,17-5+. The molecule has 1 aromatic heterocycles. The molecule has 1 saturated heterocycles. The molecule has 1 fully saturated rings. The van der Waals surface area contributed by atoms with Crippen LogP contribution >= 0.6 is 0 Å². The number of nitrogens with zero attached hydrogens (tertiary/aromatic N) is 2. The van der Waals surface area contributed by atoms with E-state index >= 15 is 0 Å². The zero-order chi connectivity index (χ0) is 18.4. The van der Waals surface area contributed by atoms with Crippen LogP contribution in [0.1, 0.15) is 43.6 Å². The molecular formula is C21H30N2O3. The average Bonchev–Trinajstić information content (AvgIpc) is 3.01. The Hall–Kier alpha value is -1.69. The van der Waals surface area contributed by atoms with Crippen molar-refractivity contribution in [1.29, 1.82) is 0 Å². The van der Waals surface area contributed by atoms with Crippen LogP contribution in [0.2, 0.25) is 0 Å². The lowest BCUT2D eigenvalue weighted by atomic mass is 9.89. The zero-order valence-electron chi connectivity index (χ0n) is 16.0. The highest BCUT2D eigenvalue weighted by Crippen LogP contribution is 2.36. The predicted molar refractivity (Wildman–Crippen MR) is 102 cm³/mol. The molecule has 1 spiro atoms. The van der Waals surface area contributed by atoms with Gasteiger partial charge in [0.1, 0.15) is 6.73 Å². The fraction of sp³-hybridized carbons (Fsp3) is 0.571. The van der Waals surface area contributed by atoms with Gasteiger partial charge >= 0.3 is 0 Å². The van der Waals surface area contributed by atoms with Crippen molar-refractivity contribution in [2.45, 2.75) is 58.5 Å². The van der Waals surface area contributed by atoms with E-state index in [-0.39, 0.29) is 0 Å².